The van der Waals surface area contributed by atoms with Gasteiger partial charge in [0.1, 0.15) is 5.15 Å². The third kappa shape index (κ3) is 8.69. The lowest BCUT2D eigenvalue weighted by atomic mass is 9.81. The Morgan fingerprint density at radius 2 is 1.92 bits per heavy atom. The Balaban J connectivity index is 0.000000329. The summed E-state index contributed by atoms with van der Waals surface area (Å²) >= 11 is 12.7. The van der Waals surface area contributed by atoms with Crippen LogP contribution in [0.5, 0.6) is 0 Å². The molecule has 1 fully saturated rings. The van der Waals surface area contributed by atoms with Crippen LogP contribution in [0.15, 0.2) is 23.8 Å². The van der Waals surface area contributed by atoms with Crippen LogP contribution in [-0.4, -0.2) is 82.2 Å². The molecule has 1 saturated carbocycles. The number of halogens is 1. The number of anilines is 1. The van der Waals surface area contributed by atoms with Gasteiger partial charge in [-0.3, -0.25) is 14.4 Å². The fraction of sp³-hybridized carbons (Fsp3) is 0.520. The van der Waals surface area contributed by atoms with Crippen molar-refractivity contribution in [1.82, 2.24) is 30.4 Å². The zero-order valence-electron chi connectivity index (χ0n) is 22.0. The van der Waals surface area contributed by atoms with Gasteiger partial charge in [0.15, 0.2) is 4.99 Å². The lowest BCUT2D eigenvalue weighted by Crippen LogP contribution is -2.56. The minimum Gasteiger partial charge on any atom is -0.367 e. The second-order valence-electron chi connectivity index (χ2n) is 9.66. The SMILES string of the molecule is CC(=O)N[C@@H]1C[C@@H](C(=O)N(C)C)CC[C@@H]1NC(=S)C(=O)Nc1ccc(Cl)nc1.CN1CCc2ncsc2C1. The molecule has 3 amide bonds. The highest BCUT2D eigenvalue weighted by Crippen LogP contribution is 2.26. The molecule has 0 aromatic carbocycles. The maximum Gasteiger partial charge on any atom is 0.283 e. The van der Waals surface area contributed by atoms with E-state index in [1.807, 2.05) is 5.51 Å². The number of hydrogen-bond acceptors (Lipinski definition) is 8. The highest BCUT2D eigenvalue weighted by molar-refractivity contribution is 7.82. The van der Waals surface area contributed by atoms with Crippen molar-refractivity contribution < 1.29 is 14.4 Å². The lowest BCUT2D eigenvalue weighted by molar-refractivity contribution is -0.135. The summed E-state index contributed by atoms with van der Waals surface area (Å²) in [6, 6.07) is 2.64. The summed E-state index contributed by atoms with van der Waals surface area (Å²) in [5.41, 5.74) is 3.74. The van der Waals surface area contributed by atoms with Crippen molar-refractivity contribution in [2.45, 2.75) is 51.2 Å². The Bertz CT molecular complexity index is 1140. The first kappa shape index (κ1) is 29.9. The molecule has 2 aromatic rings. The number of carbonyl (C=O) groups excluding carboxylic acids is 3. The van der Waals surface area contributed by atoms with E-state index in [0.29, 0.717) is 30.1 Å². The fourth-order valence-corrected chi connectivity index (χ4v) is 5.68. The van der Waals surface area contributed by atoms with Gasteiger partial charge in [0.25, 0.3) is 5.91 Å². The van der Waals surface area contributed by atoms with Crippen LogP contribution in [0.2, 0.25) is 5.15 Å². The van der Waals surface area contributed by atoms with Gasteiger partial charge in [0.2, 0.25) is 11.8 Å². The minimum absolute atomic E-state index is 0.00712. The van der Waals surface area contributed by atoms with Crippen LogP contribution < -0.4 is 16.0 Å². The smallest absolute Gasteiger partial charge is 0.283 e. The van der Waals surface area contributed by atoms with Crippen LogP contribution in [0.3, 0.4) is 0 Å². The summed E-state index contributed by atoms with van der Waals surface area (Å²) < 4.78 is 0. The summed E-state index contributed by atoms with van der Waals surface area (Å²) in [5.74, 6) is -0.818. The molecular weight excluding hydrogens is 546 g/mol. The number of nitrogens with zero attached hydrogens (tertiary/aromatic N) is 4. The first-order chi connectivity index (χ1) is 18.0. The number of thiocarbonyl (C=S) groups is 1. The van der Waals surface area contributed by atoms with E-state index in [1.54, 1.807) is 42.5 Å². The Labute approximate surface area is 237 Å². The Kier molecular flexibility index (Phi) is 11.0. The summed E-state index contributed by atoms with van der Waals surface area (Å²) in [4.78, 5) is 49.7. The highest BCUT2D eigenvalue weighted by Gasteiger charge is 2.35. The summed E-state index contributed by atoms with van der Waals surface area (Å²) in [6.07, 6.45) is 4.30. The summed E-state index contributed by atoms with van der Waals surface area (Å²) in [5, 5.41) is 8.86. The van der Waals surface area contributed by atoms with Crippen molar-refractivity contribution in [2.24, 2.45) is 5.92 Å². The Morgan fingerprint density at radius 3 is 2.58 bits per heavy atom. The van der Waals surface area contributed by atoms with Gasteiger partial charge < -0.3 is 25.8 Å². The van der Waals surface area contributed by atoms with Crippen molar-refractivity contribution in [3.8, 4) is 0 Å². The Morgan fingerprint density at radius 1 is 1.16 bits per heavy atom. The van der Waals surface area contributed by atoms with Gasteiger partial charge in [0.05, 0.1) is 23.1 Å². The largest absolute Gasteiger partial charge is 0.367 e. The van der Waals surface area contributed by atoms with E-state index in [0.717, 1.165) is 19.5 Å². The van der Waals surface area contributed by atoms with Crippen LogP contribution in [0, 0.1) is 5.92 Å². The lowest BCUT2D eigenvalue weighted by Gasteiger charge is -2.37. The summed E-state index contributed by atoms with van der Waals surface area (Å²) in [6.45, 7) is 3.68. The predicted octanol–water partition coefficient (Wildman–Crippen LogP) is 2.48. The minimum atomic E-state index is -0.479. The van der Waals surface area contributed by atoms with Crippen molar-refractivity contribution in [3.63, 3.8) is 0 Å². The zero-order valence-corrected chi connectivity index (χ0v) is 24.4. The molecule has 2 aliphatic rings. The van der Waals surface area contributed by atoms with Crippen molar-refractivity contribution in [3.05, 3.63) is 39.6 Å². The number of rotatable bonds is 4. The van der Waals surface area contributed by atoms with Crippen LogP contribution in [0.1, 0.15) is 36.8 Å². The number of carbonyl (C=O) groups is 3. The average Bonchev–Trinajstić information content (AvgIpc) is 3.33. The van der Waals surface area contributed by atoms with E-state index in [9.17, 15) is 14.4 Å². The molecule has 206 valence electrons. The third-order valence-corrected chi connectivity index (χ3v) is 7.79. The first-order valence-electron chi connectivity index (χ1n) is 12.3. The molecule has 0 radical (unpaired) electrons. The number of fused-ring (bicyclic) bond motifs is 1. The molecule has 13 heteroatoms. The van der Waals surface area contributed by atoms with E-state index >= 15 is 0 Å². The Hall–Kier alpha value is -2.67. The van der Waals surface area contributed by atoms with Crippen LogP contribution in [0.25, 0.3) is 0 Å². The molecule has 3 N–H and O–H groups in total. The van der Waals surface area contributed by atoms with Crippen molar-refractivity contribution in [1.29, 1.82) is 0 Å². The molecule has 4 rings (SSSR count). The number of pyridine rings is 1. The monoisotopic (exact) mass is 579 g/mol. The normalized spacial score (nSPS) is 20.7. The van der Waals surface area contributed by atoms with Crippen molar-refractivity contribution >= 4 is 63.6 Å². The molecule has 3 atom stereocenters. The molecule has 0 bridgehead atoms. The second kappa shape index (κ2) is 13.9. The first-order valence-corrected chi connectivity index (χ1v) is 14.0. The molecule has 0 saturated heterocycles. The summed E-state index contributed by atoms with van der Waals surface area (Å²) in [7, 11) is 5.58. The average molecular weight is 580 g/mol. The second-order valence-corrected chi connectivity index (χ2v) is 11.4. The number of hydrogen-bond donors (Lipinski definition) is 3. The zero-order chi connectivity index (χ0) is 27.8. The van der Waals surface area contributed by atoms with Crippen LogP contribution in [-0.2, 0) is 27.3 Å². The van der Waals surface area contributed by atoms with E-state index in [1.165, 1.54) is 23.7 Å². The van der Waals surface area contributed by atoms with Gasteiger partial charge in [-0.2, -0.15) is 0 Å². The maximum atomic E-state index is 12.3. The van der Waals surface area contributed by atoms with Crippen LogP contribution >= 0.6 is 35.2 Å². The van der Waals surface area contributed by atoms with Crippen LogP contribution in [0.4, 0.5) is 5.69 Å². The number of thiazole rings is 1. The predicted molar refractivity (Wildman–Crippen MR) is 153 cm³/mol. The van der Waals surface area contributed by atoms with E-state index in [-0.39, 0.29) is 34.8 Å². The third-order valence-electron chi connectivity index (χ3n) is 6.41. The molecule has 1 aliphatic heterocycles. The highest BCUT2D eigenvalue weighted by atomic mass is 35.5. The molecule has 0 unspecified atom stereocenters. The van der Waals surface area contributed by atoms with Gasteiger partial charge in [-0.1, -0.05) is 23.8 Å². The molecule has 10 nitrogen and oxygen atoms in total. The molecule has 3 heterocycles. The van der Waals surface area contributed by atoms with Gasteiger partial charge >= 0.3 is 0 Å². The van der Waals surface area contributed by atoms with Gasteiger partial charge in [-0.25, -0.2) is 9.97 Å². The topological polar surface area (TPSA) is 120 Å². The molecule has 38 heavy (non-hydrogen) atoms. The molecule has 1 aliphatic carbocycles. The molecular formula is C25H34ClN7O3S2. The number of nitrogens with one attached hydrogen (secondary N) is 3. The van der Waals surface area contributed by atoms with E-state index < -0.39 is 5.91 Å². The van der Waals surface area contributed by atoms with Crippen molar-refractivity contribution in [2.75, 3.05) is 33.0 Å². The molecule has 0 spiro atoms. The number of likely N-dealkylation sites (N-methyl/N-ethyl adjacent to an activating group) is 1. The number of amides is 3. The van der Waals surface area contributed by atoms with E-state index in [2.05, 4.69) is 37.9 Å². The van der Waals surface area contributed by atoms with Gasteiger partial charge in [-0.15, -0.1) is 11.3 Å². The standard InChI is InChI=1S/C18H24ClN5O3S.C7H10N2S/c1-10(25)21-14-8-11(18(27)24(2)3)4-6-13(14)23-17(28)16(26)22-12-5-7-15(19)20-9-12;1-9-3-2-6-7(4-9)10-5-8-6/h5,7,9,11,13-14H,4,6,8H2,1-3H3,(H,21,25)(H,22,26)(H,23,28);5H,2-4H2,1H3/t11-,13-,14+;/m0./s1. The quantitative estimate of drug-likeness (QED) is 0.373. The fourth-order valence-electron chi connectivity index (χ4n) is 4.47. The van der Waals surface area contributed by atoms with Gasteiger partial charge in [-0.05, 0) is 38.4 Å². The number of aromatic nitrogens is 2. The molecule has 2 aromatic heterocycles. The van der Waals surface area contributed by atoms with Gasteiger partial charge in [0, 0.05) is 63.4 Å². The van der Waals surface area contributed by atoms with E-state index in [4.69, 9.17) is 23.8 Å². The maximum absolute atomic E-state index is 12.3.